The highest BCUT2D eigenvalue weighted by molar-refractivity contribution is 6.41. The average molecular weight is 388 g/mol. The molecule has 0 aromatic heterocycles. The van der Waals surface area contributed by atoms with Crippen molar-refractivity contribution in [1.29, 1.82) is 0 Å². The lowest BCUT2D eigenvalue weighted by molar-refractivity contribution is 0.0689. The van der Waals surface area contributed by atoms with Crippen LogP contribution >= 0.6 is 11.6 Å². The van der Waals surface area contributed by atoms with E-state index in [0.717, 1.165) is 18.2 Å². The third-order valence-corrected chi connectivity index (χ3v) is 5.21. The molecule has 1 fully saturated rings. The normalized spacial score (nSPS) is 21.7. The Morgan fingerprint density at radius 2 is 2.00 bits per heavy atom. The minimum atomic E-state index is -0.0621. The Morgan fingerprint density at radius 3 is 2.74 bits per heavy atom. The number of fused-ring (bicyclic) bond motifs is 1. The van der Waals surface area contributed by atoms with Gasteiger partial charge in [0, 0.05) is 50.1 Å². The van der Waals surface area contributed by atoms with Crippen molar-refractivity contribution in [3.63, 3.8) is 0 Å². The predicted molar refractivity (Wildman–Crippen MR) is 106 cm³/mol. The molecule has 0 spiro atoms. The summed E-state index contributed by atoms with van der Waals surface area (Å²) in [5.74, 6) is 2.31. The second-order valence-electron chi connectivity index (χ2n) is 6.83. The van der Waals surface area contributed by atoms with E-state index in [2.05, 4.69) is 21.7 Å². The summed E-state index contributed by atoms with van der Waals surface area (Å²) in [6.07, 6.45) is 3.79. The lowest BCUT2D eigenvalue weighted by Gasteiger charge is -2.37. The number of benzene rings is 1. The molecular weight excluding hydrogens is 366 g/mol. The van der Waals surface area contributed by atoms with E-state index in [-0.39, 0.29) is 11.9 Å². The molecular formula is C19H22ClN5O2. The van der Waals surface area contributed by atoms with Gasteiger partial charge in [0.15, 0.2) is 11.7 Å². The Kier molecular flexibility index (Phi) is 4.78. The van der Waals surface area contributed by atoms with Crippen LogP contribution in [-0.4, -0.2) is 78.2 Å². The van der Waals surface area contributed by atoms with Gasteiger partial charge < -0.3 is 19.4 Å². The second-order valence-corrected chi connectivity index (χ2v) is 7.27. The van der Waals surface area contributed by atoms with Crippen molar-refractivity contribution in [2.45, 2.75) is 13.0 Å². The number of amides is 1. The molecule has 1 saturated heterocycles. The standard InChI is InChI=1S/C19H22ClN5O2/c1-13-12-25-6-5-21-17(18(25)22-13)23-7-9-24(10-8-23)19(26)15-11-14(20)3-4-16(15)27-2/h3-6,11,13H,7-10,12H2,1-2H3/t13-/m0/s1. The van der Waals surface area contributed by atoms with E-state index in [4.69, 9.17) is 21.3 Å². The molecule has 0 radical (unpaired) electrons. The number of nitrogens with zero attached hydrogens (tertiary/aromatic N) is 5. The van der Waals surface area contributed by atoms with Gasteiger partial charge in [-0.25, -0.2) is 4.99 Å². The van der Waals surface area contributed by atoms with Crippen LogP contribution < -0.4 is 4.74 Å². The lowest BCUT2D eigenvalue weighted by Crippen LogP contribution is -2.53. The first-order valence-corrected chi connectivity index (χ1v) is 9.41. The summed E-state index contributed by atoms with van der Waals surface area (Å²) in [5, 5.41) is 0.523. The Morgan fingerprint density at radius 1 is 1.22 bits per heavy atom. The zero-order chi connectivity index (χ0) is 19.0. The molecule has 27 heavy (non-hydrogen) atoms. The molecule has 0 bridgehead atoms. The van der Waals surface area contributed by atoms with Crippen LogP contribution in [0.25, 0.3) is 0 Å². The van der Waals surface area contributed by atoms with E-state index < -0.39 is 0 Å². The molecule has 3 heterocycles. The maximum atomic E-state index is 12.9. The molecule has 1 aromatic carbocycles. The van der Waals surface area contributed by atoms with Crippen molar-refractivity contribution < 1.29 is 9.53 Å². The van der Waals surface area contributed by atoms with Crippen molar-refractivity contribution in [2.24, 2.45) is 9.98 Å². The van der Waals surface area contributed by atoms with E-state index in [9.17, 15) is 4.79 Å². The Labute approximate surface area is 163 Å². The first-order chi connectivity index (χ1) is 13.1. The summed E-state index contributed by atoms with van der Waals surface area (Å²) < 4.78 is 5.32. The summed E-state index contributed by atoms with van der Waals surface area (Å²) in [6.45, 7) is 5.63. The van der Waals surface area contributed by atoms with Gasteiger partial charge in [0.05, 0.1) is 18.7 Å². The van der Waals surface area contributed by atoms with E-state index in [0.29, 0.717) is 42.5 Å². The fourth-order valence-corrected chi connectivity index (χ4v) is 3.79. The molecule has 0 saturated carbocycles. The van der Waals surface area contributed by atoms with Crippen molar-refractivity contribution in [3.05, 3.63) is 41.2 Å². The maximum Gasteiger partial charge on any atom is 0.257 e. The van der Waals surface area contributed by atoms with Gasteiger partial charge in [0.1, 0.15) is 5.75 Å². The van der Waals surface area contributed by atoms with Crippen LogP contribution in [0.3, 0.4) is 0 Å². The molecule has 0 unspecified atom stereocenters. The summed E-state index contributed by atoms with van der Waals surface area (Å²) in [6, 6.07) is 5.38. The van der Waals surface area contributed by atoms with Crippen LogP contribution in [0.15, 0.2) is 40.6 Å². The van der Waals surface area contributed by atoms with E-state index in [1.807, 2.05) is 17.3 Å². The Balaban J connectivity index is 1.46. The van der Waals surface area contributed by atoms with E-state index >= 15 is 0 Å². The maximum absolute atomic E-state index is 12.9. The first kappa shape index (κ1) is 17.9. The van der Waals surface area contributed by atoms with Gasteiger partial charge in [-0.3, -0.25) is 9.79 Å². The summed E-state index contributed by atoms with van der Waals surface area (Å²) >= 11 is 6.07. The molecule has 4 rings (SSSR count). The Hall–Kier alpha value is -2.54. The van der Waals surface area contributed by atoms with Crippen molar-refractivity contribution in [3.8, 4) is 5.75 Å². The van der Waals surface area contributed by atoms with Crippen LogP contribution in [0, 0.1) is 0 Å². The topological polar surface area (TPSA) is 60.7 Å². The van der Waals surface area contributed by atoms with Crippen molar-refractivity contribution in [2.75, 3.05) is 39.8 Å². The molecule has 3 aliphatic rings. The van der Waals surface area contributed by atoms with Gasteiger partial charge in [-0.15, -0.1) is 0 Å². The average Bonchev–Trinajstić information content (AvgIpc) is 3.07. The lowest BCUT2D eigenvalue weighted by atomic mass is 10.1. The SMILES string of the molecule is COc1ccc(Cl)cc1C(=O)N1CCN(C2=NC=CN3C[C@H](C)N=C23)CC1. The van der Waals surface area contributed by atoms with Crippen molar-refractivity contribution in [1.82, 2.24) is 14.7 Å². The minimum Gasteiger partial charge on any atom is -0.496 e. The number of carbonyl (C=O) groups is 1. The number of rotatable bonds is 2. The largest absolute Gasteiger partial charge is 0.496 e. The molecule has 0 aliphatic carbocycles. The van der Waals surface area contributed by atoms with E-state index in [1.165, 1.54) is 0 Å². The van der Waals surface area contributed by atoms with Gasteiger partial charge in [-0.1, -0.05) is 11.6 Å². The monoisotopic (exact) mass is 387 g/mol. The van der Waals surface area contributed by atoms with Gasteiger partial charge in [0.25, 0.3) is 5.91 Å². The second kappa shape index (κ2) is 7.23. The number of hydrogen-bond donors (Lipinski definition) is 0. The highest BCUT2D eigenvalue weighted by atomic mass is 35.5. The Bertz CT molecular complexity index is 843. The third-order valence-electron chi connectivity index (χ3n) is 4.98. The molecule has 7 nitrogen and oxygen atoms in total. The number of aliphatic imine (C=N–C) groups is 2. The van der Waals surface area contributed by atoms with Gasteiger partial charge in [0.2, 0.25) is 0 Å². The van der Waals surface area contributed by atoms with E-state index in [1.54, 1.807) is 25.3 Å². The molecule has 3 aliphatic heterocycles. The smallest absolute Gasteiger partial charge is 0.257 e. The molecule has 1 atom stereocenters. The number of halogens is 1. The van der Waals surface area contributed by atoms with Gasteiger partial charge in [-0.05, 0) is 25.1 Å². The van der Waals surface area contributed by atoms with Gasteiger partial charge >= 0.3 is 0 Å². The van der Waals surface area contributed by atoms with Crippen LogP contribution in [0.2, 0.25) is 5.02 Å². The minimum absolute atomic E-state index is 0.0621. The highest BCUT2D eigenvalue weighted by Crippen LogP contribution is 2.25. The molecule has 142 valence electrons. The third kappa shape index (κ3) is 3.39. The zero-order valence-corrected chi connectivity index (χ0v) is 16.2. The number of piperazine rings is 1. The first-order valence-electron chi connectivity index (χ1n) is 9.04. The number of hydrogen-bond acceptors (Lipinski definition) is 6. The fourth-order valence-electron chi connectivity index (χ4n) is 3.62. The molecule has 8 heteroatoms. The fraction of sp³-hybridized carbons (Fsp3) is 0.421. The zero-order valence-electron chi connectivity index (χ0n) is 15.4. The molecule has 1 amide bonds. The number of carbonyl (C=O) groups excluding carboxylic acids is 1. The predicted octanol–water partition coefficient (Wildman–Crippen LogP) is 2.09. The quantitative estimate of drug-likeness (QED) is 0.779. The summed E-state index contributed by atoms with van der Waals surface area (Å²) in [7, 11) is 1.56. The van der Waals surface area contributed by atoms with Crippen LogP contribution in [0.5, 0.6) is 5.75 Å². The summed E-state index contributed by atoms with van der Waals surface area (Å²) in [5.41, 5.74) is 0.497. The highest BCUT2D eigenvalue weighted by Gasteiger charge is 2.32. The van der Waals surface area contributed by atoms with Crippen molar-refractivity contribution >= 4 is 29.2 Å². The van der Waals surface area contributed by atoms with Crippen LogP contribution in [0.1, 0.15) is 17.3 Å². The van der Waals surface area contributed by atoms with Crippen LogP contribution in [-0.2, 0) is 0 Å². The van der Waals surface area contributed by atoms with Gasteiger partial charge in [-0.2, -0.15) is 0 Å². The molecule has 1 aromatic rings. The molecule has 0 N–H and O–H groups in total. The number of ether oxygens (including phenoxy) is 1. The van der Waals surface area contributed by atoms with Crippen LogP contribution in [0.4, 0.5) is 0 Å². The number of methoxy groups -OCH3 is 1. The number of amidine groups is 2. The summed E-state index contributed by atoms with van der Waals surface area (Å²) in [4.78, 5) is 28.4.